The maximum absolute atomic E-state index is 12.7. The molecule has 2 aromatic rings. The first kappa shape index (κ1) is 16.3. The van der Waals surface area contributed by atoms with Crippen molar-refractivity contribution >= 4 is 33.0 Å². The van der Waals surface area contributed by atoms with Crippen molar-refractivity contribution < 1.29 is 8.42 Å². The fourth-order valence-corrected chi connectivity index (χ4v) is 4.85. The predicted molar refractivity (Wildman–Crippen MR) is 88.5 cm³/mol. The molecular weight excluding hydrogens is 327 g/mol. The van der Waals surface area contributed by atoms with Crippen LogP contribution in [-0.4, -0.2) is 8.42 Å². The maximum Gasteiger partial charge on any atom is 0.192 e. The average molecular weight is 343 g/mol. The monoisotopic (exact) mass is 342 g/mol. The Morgan fingerprint density at radius 2 is 1.10 bits per heavy atom. The zero-order chi connectivity index (χ0) is 15.6. The number of aryl methyl sites for hydroxylation is 2. The van der Waals surface area contributed by atoms with E-state index in [4.69, 9.17) is 23.2 Å². The number of hydrogen-bond acceptors (Lipinski definition) is 2. The van der Waals surface area contributed by atoms with Gasteiger partial charge >= 0.3 is 0 Å². The van der Waals surface area contributed by atoms with E-state index in [9.17, 15) is 8.42 Å². The summed E-state index contributed by atoms with van der Waals surface area (Å²) >= 11 is 12.5. The number of alkyl halides is 2. The van der Waals surface area contributed by atoms with Gasteiger partial charge in [-0.15, -0.1) is 23.2 Å². The van der Waals surface area contributed by atoms with Crippen molar-refractivity contribution in [3.63, 3.8) is 0 Å². The highest BCUT2D eigenvalue weighted by molar-refractivity contribution is 7.94. The Morgan fingerprint density at radius 3 is 1.43 bits per heavy atom. The molecule has 0 radical (unpaired) electrons. The summed E-state index contributed by atoms with van der Waals surface area (Å²) in [6, 6.07) is 14.3. The predicted octanol–water partition coefficient (Wildman–Crippen LogP) is 4.89. The third-order valence-electron chi connectivity index (χ3n) is 3.44. The van der Waals surface area contributed by atoms with Crippen LogP contribution in [0.2, 0.25) is 0 Å². The van der Waals surface area contributed by atoms with Crippen LogP contribution in [0.1, 0.15) is 31.7 Å². The van der Waals surface area contributed by atoms with Crippen LogP contribution in [0, 0.1) is 13.8 Å². The van der Waals surface area contributed by atoms with Gasteiger partial charge < -0.3 is 0 Å². The summed E-state index contributed by atoms with van der Waals surface area (Å²) in [5.74, 6) is 0. The molecule has 0 aliphatic heterocycles. The minimum Gasteiger partial charge on any atom is -0.225 e. The highest BCUT2D eigenvalue weighted by Gasteiger charge is 2.35. The first-order valence-electron chi connectivity index (χ1n) is 6.47. The molecule has 21 heavy (non-hydrogen) atoms. The summed E-state index contributed by atoms with van der Waals surface area (Å²) in [7, 11) is -3.76. The van der Waals surface area contributed by atoms with Gasteiger partial charge in [0.25, 0.3) is 0 Å². The van der Waals surface area contributed by atoms with Gasteiger partial charge in [0.05, 0.1) is 0 Å². The Bertz CT molecular complexity index is 684. The van der Waals surface area contributed by atoms with Gasteiger partial charge in [-0.3, -0.25) is 0 Å². The fourth-order valence-electron chi connectivity index (χ4n) is 2.14. The van der Waals surface area contributed by atoms with Crippen LogP contribution < -0.4 is 0 Å². The molecule has 0 saturated heterocycles. The number of halogens is 2. The topological polar surface area (TPSA) is 34.1 Å². The van der Waals surface area contributed by atoms with E-state index >= 15 is 0 Å². The molecule has 0 aliphatic rings. The van der Waals surface area contributed by atoms with Gasteiger partial charge in [0.15, 0.2) is 19.3 Å². The van der Waals surface area contributed by atoms with Gasteiger partial charge in [-0.25, -0.2) is 8.42 Å². The van der Waals surface area contributed by atoms with Crippen molar-refractivity contribution in [3.8, 4) is 0 Å². The number of sulfone groups is 1. The summed E-state index contributed by atoms with van der Waals surface area (Å²) in [6.07, 6.45) is 0. The largest absolute Gasteiger partial charge is 0.225 e. The molecule has 0 aromatic heterocycles. The lowest BCUT2D eigenvalue weighted by Gasteiger charge is -2.19. The Balaban J connectivity index is 2.43. The molecule has 2 nitrogen and oxygen atoms in total. The molecule has 0 aliphatic carbocycles. The van der Waals surface area contributed by atoms with Crippen LogP contribution in [0.5, 0.6) is 0 Å². The second kappa shape index (κ2) is 6.39. The van der Waals surface area contributed by atoms with Crippen LogP contribution in [-0.2, 0) is 9.84 Å². The highest BCUT2D eigenvalue weighted by Crippen LogP contribution is 2.40. The molecule has 0 amide bonds. The number of benzene rings is 2. The van der Waals surface area contributed by atoms with Gasteiger partial charge in [-0.1, -0.05) is 48.5 Å². The van der Waals surface area contributed by atoms with Gasteiger partial charge in [0, 0.05) is 0 Å². The van der Waals surface area contributed by atoms with Crippen molar-refractivity contribution in [2.45, 2.75) is 23.3 Å². The summed E-state index contributed by atoms with van der Waals surface area (Å²) in [6.45, 7) is 3.66. The van der Waals surface area contributed by atoms with E-state index in [0.717, 1.165) is 11.1 Å². The lowest BCUT2D eigenvalue weighted by molar-refractivity contribution is 0.591. The van der Waals surface area contributed by atoms with E-state index < -0.39 is 19.3 Å². The molecule has 0 spiro atoms. The minimum absolute atomic E-state index is 0.568. The molecule has 5 heteroatoms. The van der Waals surface area contributed by atoms with Gasteiger partial charge in [0.1, 0.15) is 0 Å². The first-order chi connectivity index (χ1) is 9.85. The average Bonchev–Trinajstić information content (AvgIpc) is 2.47. The Labute approximate surface area is 135 Å². The van der Waals surface area contributed by atoms with Gasteiger partial charge in [0.2, 0.25) is 0 Å². The molecule has 0 saturated carbocycles. The van der Waals surface area contributed by atoms with E-state index in [-0.39, 0.29) is 0 Å². The molecule has 2 unspecified atom stereocenters. The Hall–Kier alpha value is -1.03. The summed E-state index contributed by atoms with van der Waals surface area (Å²) < 4.78 is 23.0. The summed E-state index contributed by atoms with van der Waals surface area (Å²) in [5, 5.41) is 0. The molecule has 0 heterocycles. The zero-order valence-corrected chi connectivity index (χ0v) is 14.1. The Morgan fingerprint density at radius 1 is 0.762 bits per heavy atom. The third-order valence-corrected chi connectivity index (χ3v) is 7.06. The maximum atomic E-state index is 12.7. The van der Waals surface area contributed by atoms with Gasteiger partial charge in [-0.05, 0) is 36.1 Å². The van der Waals surface area contributed by atoms with Crippen LogP contribution in [0.15, 0.2) is 48.5 Å². The number of rotatable bonds is 4. The van der Waals surface area contributed by atoms with Crippen molar-refractivity contribution in [3.05, 3.63) is 70.8 Å². The quantitative estimate of drug-likeness (QED) is 0.741. The van der Waals surface area contributed by atoms with E-state index in [1.165, 1.54) is 0 Å². The second-order valence-corrected chi connectivity index (χ2v) is 8.45. The first-order valence-corrected chi connectivity index (χ1v) is 8.96. The van der Waals surface area contributed by atoms with E-state index in [1.807, 2.05) is 38.1 Å². The van der Waals surface area contributed by atoms with E-state index in [1.54, 1.807) is 24.3 Å². The zero-order valence-electron chi connectivity index (χ0n) is 11.8. The second-order valence-electron chi connectivity index (χ2n) is 4.93. The number of hydrogen-bond donors (Lipinski definition) is 0. The van der Waals surface area contributed by atoms with E-state index in [0.29, 0.717) is 11.1 Å². The lowest BCUT2D eigenvalue weighted by atomic mass is 10.1. The van der Waals surface area contributed by atoms with Crippen molar-refractivity contribution in [1.82, 2.24) is 0 Å². The third kappa shape index (κ3) is 3.25. The summed E-state index contributed by atoms with van der Waals surface area (Å²) in [5.41, 5.74) is 2.79. The SMILES string of the molecule is Cc1ccccc1C(Cl)S(=O)(=O)C(Cl)c1ccccc1C. The standard InChI is InChI=1S/C16H16Cl2O2S/c1-11-7-3-5-9-13(11)15(17)21(19,20)16(18)14-10-6-4-8-12(14)2/h3-10,15-16H,1-2H3. The molecule has 0 fully saturated rings. The molecule has 2 atom stereocenters. The smallest absolute Gasteiger partial charge is 0.192 e. The molecule has 2 aromatic carbocycles. The lowest BCUT2D eigenvalue weighted by Crippen LogP contribution is -2.15. The summed E-state index contributed by atoms with van der Waals surface area (Å²) in [4.78, 5) is 0. The highest BCUT2D eigenvalue weighted by atomic mass is 35.5. The van der Waals surface area contributed by atoms with Crippen LogP contribution >= 0.6 is 23.2 Å². The molecular formula is C16H16Cl2O2S. The van der Waals surface area contributed by atoms with Crippen molar-refractivity contribution in [2.75, 3.05) is 0 Å². The molecule has 112 valence electrons. The van der Waals surface area contributed by atoms with Crippen LogP contribution in [0.25, 0.3) is 0 Å². The van der Waals surface area contributed by atoms with Crippen molar-refractivity contribution in [2.24, 2.45) is 0 Å². The van der Waals surface area contributed by atoms with Crippen LogP contribution in [0.3, 0.4) is 0 Å². The Kier molecular flexibility index (Phi) is 4.97. The van der Waals surface area contributed by atoms with E-state index in [2.05, 4.69) is 0 Å². The van der Waals surface area contributed by atoms with Crippen LogP contribution in [0.4, 0.5) is 0 Å². The minimum atomic E-state index is -3.76. The van der Waals surface area contributed by atoms with Gasteiger partial charge in [-0.2, -0.15) is 0 Å². The molecule has 0 N–H and O–H groups in total. The molecule has 2 rings (SSSR count). The fraction of sp³-hybridized carbons (Fsp3) is 0.250. The van der Waals surface area contributed by atoms with Crippen molar-refractivity contribution in [1.29, 1.82) is 0 Å². The normalized spacial score (nSPS) is 14.7. The molecule has 0 bridgehead atoms.